The Kier molecular flexibility index (Phi) is 6.89. The van der Waals surface area contributed by atoms with Crippen molar-refractivity contribution in [1.29, 1.82) is 0 Å². The van der Waals surface area contributed by atoms with Crippen LogP contribution in [0.5, 0.6) is 0 Å². The number of nitrogens with one attached hydrogen (secondary N) is 2. The Balaban J connectivity index is 1.73. The maximum Gasteiger partial charge on any atom is 0.435 e. The molecule has 0 radical (unpaired) electrons. The summed E-state index contributed by atoms with van der Waals surface area (Å²) in [5.41, 5.74) is 1.45. The molecule has 1 saturated heterocycles. The second-order valence-electron chi connectivity index (χ2n) is 7.52. The van der Waals surface area contributed by atoms with Gasteiger partial charge in [-0.2, -0.15) is 18.3 Å². The number of aliphatic imine (C=N–C) groups is 1. The summed E-state index contributed by atoms with van der Waals surface area (Å²) in [5.74, 6) is 0.466. The smallest absolute Gasteiger partial charge is 0.372 e. The van der Waals surface area contributed by atoms with Crippen molar-refractivity contribution in [3.8, 4) is 0 Å². The van der Waals surface area contributed by atoms with Gasteiger partial charge in [0.05, 0.1) is 12.6 Å². The minimum Gasteiger partial charge on any atom is -0.372 e. The summed E-state index contributed by atoms with van der Waals surface area (Å²) in [6.45, 7) is 6.57. The van der Waals surface area contributed by atoms with Crippen molar-refractivity contribution in [2.24, 2.45) is 12.0 Å². The van der Waals surface area contributed by atoms with Crippen molar-refractivity contribution in [3.05, 3.63) is 47.3 Å². The van der Waals surface area contributed by atoms with Crippen molar-refractivity contribution in [1.82, 2.24) is 20.4 Å². The molecule has 0 amide bonds. The number of alkyl halides is 3. The van der Waals surface area contributed by atoms with Crippen LogP contribution in [0.15, 0.2) is 35.5 Å². The molecule has 2 N–H and O–H groups in total. The maximum absolute atomic E-state index is 13.2. The van der Waals surface area contributed by atoms with Crippen molar-refractivity contribution < 1.29 is 13.2 Å². The zero-order valence-electron chi connectivity index (χ0n) is 17.6. The molecule has 1 aliphatic heterocycles. The molecule has 1 aliphatic rings. The number of halogens is 3. The number of rotatable bonds is 6. The number of hydrogen-bond acceptors (Lipinski definition) is 3. The molecule has 1 atom stereocenters. The monoisotopic (exact) mass is 422 g/mol. The van der Waals surface area contributed by atoms with E-state index in [1.54, 1.807) is 0 Å². The zero-order valence-corrected chi connectivity index (χ0v) is 17.6. The van der Waals surface area contributed by atoms with Crippen LogP contribution < -0.4 is 15.5 Å². The molecule has 0 spiro atoms. The number of aromatic nitrogens is 2. The minimum atomic E-state index is -4.50. The third-order valence-corrected chi connectivity index (χ3v) is 5.12. The lowest BCUT2D eigenvalue weighted by Crippen LogP contribution is -2.38. The third-order valence-electron chi connectivity index (χ3n) is 5.12. The first kappa shape index (κ1) is 22.0. The second kappa shape index (κ2) is 9.40. The van der Waals surface area contributed by atoms with Gasteiger partial charge in [0.15, 0.2) is 11.7 Å². The van der Waals surface area contributed by atoms with Crippen LogP contribution in [-0.4, -0.2) is 35.4 Å². The summed E-state index contributed by atoms with van der Waals surface area (Å²) in [5, 5.41) is 9.95. The molecule has 9 heteroatoms. The van der Waals surface area contributed by atoms with Crippen molar-refractivity contribution >= 4 is 11.6 Å². The standard InChI is InChI=1S/C21H29F3N6/c1-4-25-20(26-13-17-14-29(3)28-19(17)21(22,23)24)27-15(2)16-8-7-9-18(12-16)30-10-5-6-11-30/h7-9,12,14-15H,4-6,10-11,13H2,1-3H3,(H2,25,26,27). The quantitative estimate of drug-likeness (QED) is 0.548. The minimum absolute atomic E-state index is 0.0471. The van der Waals surface area contributed by atoms with E-state index in [0.717, 1.165) is 18.7 Å². The summed E-state index contributed by atoms with van der Waals surface area (Å²) < 4.78 is 40.7. The molecule has 1 aromatic carbocycles. The van der Waals surface area contributed by atoms with Crippen molar-refractivity contribution in [3.63, 3.8) is 0 Å². The molecule has 3 rings (SSSR count). The van der Waals surface area contributed by atoms with E-state index >= 15 is 0 Å². The second-order valence-corrected chi connectivity index (χ2v) is 7.52. The van der Waals surface area contributed by atoms with Crippen LogP contribution in [0.3, 0.4) is 0 Å². The van der Waals surface area contributed by atoms with Gasteiger partial charge in [0.1, 0.15) is 0 Å². The predicted molar refractivity (Wildman–Crippen MR) is 112 cm³/mol. The van der Waals surface area contributed by atoms with Crippen LogP contribution in [0.4, 0.5) is 18.9 Å². The van der Waals surface area contributed by atoms with E-state index in [0.29, 0.717) is 12.5 Å². The number of nitrogens with zero attached hydrogens (tertiary/aromatic N) is 4. The first-order valence-corrected chi connectivity index (χ1v) is 10.3. The Morgan fingerprint density at radius 3 is 2.67 bits per heavy atom. The zero-order chi connectivity index (χ0) is 21.7. The maximum atomic E-state index is 13.2. The highest BCUT2D eigenvalue weighted by atomic mass is 19.4. The van der Waals surface area contributed by atoms with Crippen LogP contribution >= 0.6 is 0 Å². The third kappa shape index (κ3) is 5.46. The van der Waals surface area contributed by atoms with Gasteiger partial charge in [0, 0.05) is 44.1 Å². The van der Waals surface area contributed by atoms with Crippen molar-refractivity contribution in [2.45, 2.75) is 45.5 Å². The number of guanidine groups is 1. The molecule has 30 heavy (non-hydrogen) atoms. The highest BCUT2D eigenvalue weighted by Crippen LogP contribution is 2.31. The van der Waals surface area contributed by atoms with Crippen LogP contribution in [0, 0.1) is 0 Å². The summed E-state index contributed by atoms with van der Waals surface area (Å²) in [7, 11) is 1.47. The fourth-order valence-corrected chi connectivity index (χ4v) is 3.63. The molecule has 164 valence electrons. The molecule has 0 aliphatic carbocycles. The van der Waals surface area contributed by atoms with Crippen LogP contribution in [0.1, 0.15) is 49.6 Å². The summed E-state index contributed by atoms with van der Waals surface area (Å²) in [4.78, 5) is 6.74. The first-order valence-electron chi connectivity index (χ1n) is 10.3. The highest BCUT2D eigenvalue weighted by molar-refractivity contribution is 5.80. The molecule has 0 saturated carbocycles. The molecule has 2 heterocycles. The summed E-state index contributed by atoms with van der Waals surface area (Å²) in [6, 6.07) is 8.30. The van der Waals surface area contributed by atoms with Gasteiger partial charge in [0.25, 0.3) is 0 Å². The number of benzene rings is 1. The van der Waals surface area contributed by atoms with E-state index in [9.17, 15) is 13.2 Å². The van der Waals surface area contributed by atoms with Gasteiger partial charge < -0.3 is 15.5 Å². The lowest BCUT2D eigenvalue weighted by atomic mass is 10.1. The van der Waals surface area contributed by atoms with Gasteiger partial charge in [-0.3, -0.25) is 4.68 Å². The highest BCUT2D eigenvalue weighted by Gasteiger charge is 2.36. The van der Waals surface area contributed by atoms with Gasteiger partial charge in [-0.25, -0.2) is 4.99 Å². The molecule has 2 aromatic rings. The van der Waals surface area contributed by atoms with Crippen LogP contribution in [0.2, 0.25) is 0 Å². The predicted octanol–water partition coefficient (Wildman–Crippen LogP) is 3.86. The fraction of sp³-hybridized carbons (Fsp3) is 0.524. The van der Waals surface area contributed by atoms with Crippen LogP contribution in [-0.2, 0) is 19.8 Å². The number of aryl methyl sites for hydroxylation is 1. The summed E-state index contributed by atoms with van der Waals surface area (Å²) in [6.07, 6.45) is -0.715. The van der Waals surface area contributed by atoms with E-state index in [2.05, 4.69) is 37.8 Å². The van der Waals surface area contributed by atoms with Gasteiger partial charge in [-0.15, -0.1) is 0 Å². The Labute approximate surface area is 175 Å². The largest absolute Gasteiger partial charge is 0.435 e. The Bertz CT molecular complexity index is 868. The Morgan fingerprint density at radius 1 is 1.27 bits per heavy atom. The fourth-order valence-electron chi connectivity index (χ4n) is 3.63. The topological polar surface area (TPSA) is 57.5 Å². The summed E-state index contributed by atoms with van der Waals surface area (Å²) >= 11 is 0. The van der Waals surface area contributed by atoms with Crippen LogP contribution in [0.25, 0.3) is 0 Å². The number of hydrogen-bond donors (Lipinski definition) is 2. The van der Waals surface area contributed by atoms with E-state index in [-0.39, 0.29) is 18.2 Å². The first-order chi connectivity index (χ1) is 14.3. The molecule has 1 unspecified atom stereocenters. The van der Waals surface area contributed by atoms with Crippen molar-refractivity contribution in [2.75, 3.05) is 24.5 Å². The molecule has 6 nitrogen and oxygen atoms in total. The lowest BCUT2D eigenvalue weighted by Gasteiger charge is -2.22. The molecule has 0 bridgehead atoms. The molecule has 1 aromatic heterocycles. The van der Waals surface area contributed by atoms with Gasteiger partial charge in [-0.05, 0) is 44.4 Å². The molecular weight excluding hydrogens is 393 g/mol. The molecule has 1 fully saturated rings. The van der Waals surface area contributed by atoms with Gasteiger partial charge >= 0.3 is 6.18 Å². The lowest BCUT2D eigenvalue weighted by molar-refractivity contribution is -0.142. The SMILES string of the molecule is CCNC(=NCc1cn(C)nc1C(F)(F)F)NC(C)c1cccc(N2CCCC2)c1. The van der Waals surface area contributed by atoms with E-state index in [1.807, 2.05) is 26.0 Å². The van der Waals surface area contributed by atoms with Gasteiger partial charge in [0.2, 0.25) is 0 Å². The van der Waals surface area contributed by atoms with Gasteiger partial charge in [-0.1, -0.05) is 12.1 Å². The average Bonchev–Trinajstić information content (AvgIpc) is 3.36. The molecular formula is C21H29F3N6. The Hall–Kier alpha value is -2.71. The average molecular weight is 422 g/mol. The van der Waals surface area contributed by atoms with E-state index in [1.165, 1.54) is 36.5 Å². The number of anilines is 1. The van der Waals surface area contributed by atoms with E-state index < -0.39 is 11.9 Å². The normalized spacial score (nSPS) is 16.1. The van der Waals surface area contributed by atoms with E-state index in [4.69, 9.17) is 0 Å². The Morgan fingerprint density at radius 2 is 2.00 bits per heavy atom.